The van der Waals surface area contributed by atoms with E-state index >= 15 is 0 Å². The number of H-pyrrole nitrogens is 1. The summed E-state index contributed by atoms with van der Waals surface area (Å²) in [7, 11) is 0. The third kappa shape index (κ3) is 3.44. The number of carbonyl (C=O) groups excluding carboxylic acids is 1. The molecular weight excluding hydrogens is 312 g/mol. The Balaban J connectivity index is 1.58. The van der Waals surface area contributed by atoms with Crippen molar-refractivity contribution in [2.45, 2.75) is 12.8 Å². The van der Waals surface area contributed by atoms with Crippen LogP contribution in [0.5, 0.6) is 0 Å². The highest BCUT2D eigenvalue weighted by atomic mass is 16.5. The first-order chi connectivity index (χ1) is 12.3. The van der Waals surface area contributed by atoms with Gasteiger partial charge < -0.3 is 14.6 Å². The molecule has 1 aliphatic heterocycles. The van der Waals surface area contributed by atoms with E-state index in [2.05, 4.69) is 11.1 Å². The van der Waals surface area contributed by atoms with Gasteiger partial charge in [0.25, 0.3) is 0 Å². The molecular formula is C21H22N2O2. The maximum Gasteiger partial charge on any atom is 0.231 e. The van der Waals surface area contributed by atoms with Crippen LogP contribution in [0.15, 0.2) is 60.8 Å². The Morgan fingerprint density at radius 1 is 1.12 bits per heavy atom. The molecule has 4 nitrogen and oxygen atoms in total. The van der Waals surface area contributed by atoms with Crippen molar-refractivity contribution in [1.82, 2.24) is 4.98 Å². The Morgan fingerprint density at radius 2 is 1.92 bits per heavy atom. The number of benzene rings is 2. The van der Waals surface area contributed by atoms with Gasteiger partial charge in [-0.25, -0.2) is 0 Å². The maximum atomic E-state index is 13.1. The Morgan fingerprint density at radius 3 is 2.72 bits per heavy atom. The number of ether oxygens (including phenoxy) is 1. The Hall–Kier alpha value is -2.59. The molecule has 0 bridgehead atoms. The van der Waals surface area contributed by atoms with Crippen molar-refractivity contribution in [3.05, 3.63) is 66.4 Å². The van der Waals surface area contributed by atoms with E-state index in [1.54, 1.807) is 0 Å². The fraction of sp³-hybridized carbons (Fsp3) is 0.286. The van der Waals surface area contributed by atoms with Crippen LogP contribution in [0.4, 0.5) is 5.69 Å². The third-order valence-corrected chi connectivity index (χ3v) is 4.85. The minimum absolute atomic E-state index is 0.128. The highest BCUT2D eigenvalue weighted by molar-refractivity contribution is 5.97. The largest absolute Gasteiger partial charge is 0.381 e. The maximum absolute atomic E-state index is 13.1. The number of hydrogen-bond acceptors (Lipinski definition) is 2. The summed E-state index contributed by atoms with van der Waals surface area (Å²) in [6.07, 6.45) is 3.36. The molecule has 3 aromatic rings. The van der Waals surface area contributed by atoms with Crippen LogP contribution in [-0.4, -0.2) is 30.6 Å². The number of hydrogen-bond donors (Lipinski definition) is 1. The number of nitrogens with zero attached hydrogens (tertiary/aromatic N) is 1. The summed E-state index contributed by atoms with van der Waals surface area (Å²) in [6, 6.07) is 18.0. The lowest BCUT2D eigenvalue weighted by atomic mass is 10.1. The van der Waals surface area contributed by atoms with Gasteiger partial charge in [-0.1, -0.05) is 36.4 Å². The molecule has 2 aromatic carbocycles. The molecule has 25 heavy (non-hydrogen) atoms. The van der Waals surface area contributed by atoms with E-state index in [0.717, 1.165) is 41.8 Å². The third-order valence-electron chi connectivity index (χ3n) is 4.85. The first-order valence-electron chi connectivity index (χ1n) is 8.79. The fourth-order valence-corrected chi connectivity index (χ4v) is 3.48. The molecule has 1 aromatic heterocycles. The number of aromatic nitrogens is 1. The number of carbonyl (C=O) groups is 1. The minimum Gasteiger partial charge on any atom is -0.381 e. The fourth-order valence-electron chi connectivity index (χ4n) is 3.48. The van der Waals surface area contributed by atoms with Gasteiger partial charge in [-0.3, -0.25) is 4.79 Å². The van der Waals surface area contributed by atoms with Crippen LogP contribution in [0.1, 0.15) is 12.0 Å². The second-order valence-electron chi connectivity index (χ2n) is 6.61. The van der Waals surface area contributed by atoms with Crippen LogP contribution in [0.2, 0.25) is 0 Å². The van der Waals surface area contributed by atoms with Crippen LogP contribution in [0, 0.1) is 5.92 Å². The number of fused-ring (bicyclic) bond motifs is 1. The van der Waals surface area contributed by atoms with Gasteiger partial charge in [0.05, 0.1) is 13.0 Å². The summed E-state index contributed by atoms with van der Waals surface area (Å²) in [5.74, 6) is 0.537. The molecule has 128 valence electrons. The molecule has 1 saturated heterocycles. The summed E-state index contributed by atoms with van der Waals surface area (Å²) < 4.78 is 5.49. The summed E-state index contributed by atoms with van der Waals surface area (Å²) in [6.45, 7) is 2.25. The van der Waals surface area contributed by atoms with Crippen molar-refractivity contribution in [3.8, 4) is 0 Å². The molecule has 0 radical (unpaired) electrons. The predicted octanol–water partition coefficient (Wildman–Crippen LogP) is 3.78. The average Bonchev–Trinajstić information content (AvgIpc) is 3.31. The van der Waals surface area contributed by atoms with Gasteiger partial charge >= 0.3 is 0 Å². The van der Waals surface area contributed by atoms with Crippen LogP contribution in [-0.2, 0) is 16.0 Å². The first kappa shape index (κ1) is 15.9. The number of anilines is 1. The number of amides is 1. The molecule has 0 spiro atoms. The summed E-state index contributed by atoms with van der Waals surface area (Å²) in [4.78, 5) is 18.3. The smallest absolute Gasteiger partial charge is 0.231 e. The van der Waals surface area contributed by atoms with E-state index in [1.165, 1.54) is 0 Å². The van der Waals surface area contributed by atoms with Crippen molar-refractivity contribution in [3.63, 3.8) is 0 Å². The number of para-hydroxylation sites is 2. The van der Waals surface area contributed by atoms with Crippen molar-refractivity contribution in [1.29, 1.82) is 0 Å². The number of aromatic amines is 1. The highest BCUT2D eigenvalue weighted by Crippen LogP contribution is 2.23. The quantitative estimate of drug-likeness (QED) is 0.772. The molecule has 1 atom stereocenters. The van der Waals surface area contributed by atoms with E-state index in [9.17, 15) is 4.79 Å². The molecule has 1 aliphatic rings. The standard InChI is InChI=1S/C21H22N2O2/c24-21(12-17-13-22-20-9-5-4-8-19(17)20)23(14-16-10-11-25-15-16)18-6-2-1-3-7-18/h1-9,13,16,22H,10-12,14-15H2. The van der Waals surface area contributed by atoms with Gasteiger partial charge in [-0.05, 0) is 30.2 Å². The Kier molecular flexibility index (Phi) is 4.53. The van der Waals surface area contributed by atoms with Gasteiger partial charge in [0.15, 0.2) is 0 Å². The lowest BCUT2D eigenvalue weighted by Crippen LogP contribution is -2.36. The number of nitrogens with one attached hydrogen (secondary N) is 1. The second-order valence-corrected chi connectivity index (χ2v) is 6.61. The van der Waals surface area contributed by atoms with Crippen molar-refractivity contribution >= 4 is 22.5 Å². The molecule has 1 unspecified atom stereocenters. The lowest BCUT2D eigenvalue weighted by Gasteiger charge is -2.25. The molecule has 4 heteroatoms. The van der Waals surface area contributed by atoms with Gasteiger partial charge in [-0.15, -0.1) is 0 Å². The zero-order valence-electron chi connectivity index (χ0n) is 14.2. The van der Waals surface area contributed by atoms with Crippen LogP contribution >= 0.6 is 0 Å². The van der Waals surface area contributed by atoms with Crippen molar-refractivity contribution in [2.75, 3.05) is 24.7 Å². The summed E-state index contributed by atoms with van der Waals surface area (Å²) in [5, 5.41) is 1.12. The van der Waals surface area contributed by atoms with E-state index in [0.29, 0.717) is 18.9 Å². The summed E-state index contributed by atoms with van der Waals surface area (Å²) >= 11 is 0. The molecule has 1 N–H and O–H groups in total. The summed E-state index contributed by atoms with van der Waals surface area (Å²) in [5.41, 5.74) is 3.07. The molecule has 1 amide bonds. The van der Waals surface area contributed by atoms with Crippen LogP contribution < -0.4 is 4.90 Å². The number of rotatable bonds is 5. The SMILES string of the molecule is O=C(Cc1c[nH]c2ccccc12)N(CC1CCOC1)c1ccccc1. The first-order valence-corrected chi connectivity index (χ1v) is 8.79. The monoisotopic (exact) mass is 334 g/mol. The van der Waals surface area contributed by atoms with Gasteiger partial charge in [0.2, 0.25) is 5.91 Å². The molecule has 0 saturated carbocycles. The van der Waals surface area contributed by atoms with Crippen molar-refractivity contribution in [2.24, 2.45) is 5.92 Å². The molecule has 0 aliphatic carbocycles. The van der Waals surface area contributed by atoms with Gasteiger partial charge in [0.1, 0.15) is 0 Å². The highest BCUT2D eigenvalue weighted by Gasteiger charge is 2.24. The van der Waals surface area contributed by atoms with Gasteiger partial charge in [-0.2, -0.15) is 0 Å². The zero-order chi connectivity index (χ0) is 17.1. The van der Waals surface area contributed by atoms with Crippen molar-refractivity contribution < 1.29 is 9.53 Å². The normalized spacial score (nSPS) is 17.0. The molecule has 2 heterocycles. The van der Waals surface area contributed by atoms with E-state index in [1.807, 2.05) is 59.6 Å². The zero-order valence-corrected chi connectivity index (χ0v) is 14.2. The van der Waals surface area contributed by atoms with E-state index in [-0.39, 0.29) is 5.91 Å². The molecule has 4 rings (SSSR count). The lowest BCUT2D eigenvalue weighted by molar-refractivity contribution is -0.118. The van der Waals surface area contributed by atoms with Crippen LogP contribution in [0.3, 0.4) is 0 Å². The van der Waals surface area contributed by atoms with E-state index in [4.69, 9.17) is 4.74 Å². The van der Waals surface area contributed by atoms with Crippen LogP contribution in [0.25, 0.3) is 10.9 Å². The second kappa shape index (κ2) is 7.11. The Labute approximate surface area is 147 Å². The topological polar surface area (TPSA) is 45.3 Å². The van der Waals surface area contributed by atoms with E-state index < -0.39 is 0 Å². The Bertz CT molecular complexity index is 850. The molecule has 1 fully saturated rings. The average molecular weight is 334 g/mol. The van der Waals surface area contributed by atoms with Gasteiger partial charge in [0, 0.05) is 41.9 Å². The predicted molar refractivity (Wildman–Crippen MR) is 99.7 cm³/mol. The minimum atomic E-state index is 0.128.